The number of carbonyl (C=O) groups is 2. The van der Waals surface area contributed by atoms with Crippen molar-refractivity contribution < 1.29 is 23.8 Å². The summed E-state index contributed by atoms with van der Waals surface area (Å²) in [5.41, 5.74) is 0.556. The normalized spacial score (nSPS) is 19.7. The lowest BCUT2D eigenvalue weighted by Gasteiger charge is -2.29. The van der Waals surface area contributed by atoms with Gasteiger partial charge in [-0.25, -0.2) is 9.59 Å². The van der Waals surface area contributed by atoms with E-state index >= 15 is 0 Å². The molecule has 122 valence electrons. The molecule has 1 saturated heterocycles. The lowest BCUT2D eigenvalue weighted by Crippen LogP contribution is -2.42. The van der Waals surface area contributed by atoms with Crippen molar-refractivity contribution in [3.63, 3.8) is 0 Å². The van der Waals surface area contributed by atoms with Crippen LogP contribution in [0, 0.1) is 5.92 Å². The molecular formula is C17H19NO5. The largest absolute Gasteiger partial charge is 0.493 e. The number of anilines is 1. The highest BCUT2D eigenvalue weighted by molar-refractivity contribution is 6.15. The second-order valence-electron chi connectivity index (χ2n) is 6.16. The Morgan fingerprint density at radius 2 is 1.78 bits per heavy atom. The molecule has 23 heavy (non-hydrogen) atoms. The zero-order chi connectivity index (χ0) is 16.4. The lowest BCUT2D eigenvalue weighted by atomic mass is 10.2. The molecule has 0 aromatic heterocycles. The molecule has 3 rings (SSSR count). The quantitative estimate of drug-likeness (QED) is 0.511. The summed E-state index contributed by atoms with van der Waals surface area (Å²) in [5, 5.41) is 2.89. The van der Waals surface area contributed by atoms with Crippen molar-refractivity contribution in [1.82, 2.24) is 0 Å². The van der Waals surface area contributed by atoms with Crippen molar-refractivity contribution >= 4 is 17.6 Å². The third-order valence-electron chi connectivity index (χ3n) is 3.54. The minimum absolute atomic E-state index is 0.168. The average molecular weight is 317 g/mol. The van der Waals surface area contributed by atoms with Crippen molar-refractivity contribution in [3.8, 4) is 5.75 Å². The Kier molecular flexibility index (Phi) is 3.98. The van der Waals surface area contributed by atoms with Gasteiger partial charge in [-0.1, -0.05) is 0 Å². The van der Waals surface area contributed by atoms with E-state index in [0.717, 1.165) is 18.0 Å². The third kappa shape index (κ3) is 4.03. The lowest BCUT2D eigenvalue weighted by molar-refractivity contribution is -0.222. The highest BCUT2D eigenvalue weighted by Crippen LogP contribution is 2.29. The number of hydrogen-bond acceptors (Lipinski definition) is 6. The number of ether oxygens (including phenoxy) is 3. The molecule has 1 N–H and O–H groups in total. The van der Waals surface area contributed by atoms with Crippen LogP contribution in [0.25, 0.3) is 0 Å². The fourth-order valence-corrected chi connectivity index (χ4v) is 2.08. The van der Waals surface area contributed by atoms with Crippen LogP contribution in [0.4, 0.5) is 5.69 Å². The van der Waals surface area contributed by atoms with Crippen LogP contribution in [0.2, 0.25) is 0 Å². The number of benzene rings is 1. The molecule has 1 aromatic rings. The number of hydrogen-bond donors (Lipinski definition) is 1. The van der Waals surface area contributed by atoms with E-state index in [-0.39, 0.29) is 5.57 Å². The van der Waals surface area contributed by atoms with Gasteiger partial charge in [0.15, 0.2) is 5.57 Å². The Hall–Kier alpha value is -2.50. The second-order valence-corrected chi connectivity index (χ2v) is 6.16. The van der Waals surface area contributed by atoms with E-state index in [1.165, 1.54) is 32.9 Å². The van der Waals surface area contributed by atoms with E-state index in [2.05, 4.69) is 5.32 Å². The summed E-state index contributed by atoms with van der Waals surface area (Å²) >= 11 is 0. The van der Waals surface area contributed by atoms with Crippen molar-refractivity contribution in [3.05, 3.63) is 36.0 Å². The Morgan fingerprint density at radius 3 is 2.35 bits per heavy atom. The van der Waals surface area contributed by atoms with Crippen molar-refractivity contribution in [2.24, 2.45) is 5.92 Å². The zero-order valence-electron chi connectivity index (χ0n) is 13.1. The SMILES string of the molecule is CC1(C)OC(=O)C(=CNc2ccc(OCC3CC3)cc2)C(=O)O1. The van der Waals surface area contributed by atoms with E-state index in [9.17, 15) is 9.59 Å². The fraction of sp³-hybridized carbons (Fsp3) is 0.412. The van der Waals surface area contributed by atoms with E-state index in [0.29, 0.717) is 5.92 Å². The minimum atomic E-state index is -1.23. The van der Waals surface area contributed by atoms with E-state index in [1.54, 1.807) is 0 Å². The van der Waals surface area contributed by atoms with Crippen LogP contribution < -0.4 is 10.1 Å². The topological polar surface area (TPSA) is 73.9 Å². The number of carbonyl (C=O) groups excluding carboxylic acids is 2. The molecule has 0 unspecified atom stereocenters. The summed E-state index contributed by atoms with van der Waals surface area (Å²) in [6, 6.07) is 7.29. The van der Waals surface area contributed by atoms with Gasteiger partial charge in [0.2, 0.25) is 0 Å². The molecule has 0 amide bonds. The first kappa shape index (κ1) is 15.4. The number of esters is 2. The summed E-state index contributed by atoms with van der Waals surface area (Å²) < 4.78 is 15.7. The van der Waals surface area contributed by atoms with Gasteiger partial charge in [-0.2, -0.15) is 0 Å². The van der Waals surface area contributed by atoms with Crippen molar-refractivity contribution in [2.45, 2.75) is 32.5 Å². The molecule has 1 saturated carbocycles. The maximum atomic E-state index is 11.8. The van der Waals surface area contributed by atoms with Gasteiger partial charge in [-0.15, -0.1) is 0 Å². The van der Waals surface area contributed by atoms with Crippen LogP contribution >= 0.6 is 0 Å². The van der Waals surface area contributed by atoms with Gasteiger partial charge in [0, 0.05) is 25.7 Å². The summed E-state index contributed by atoms with van der Waals surface area (Å²) in [4.78, 5) is 23.6. The third-order valence-corrected chi connectivity index (χ3v) is 3.54. The molecule has 1 aromatic carbocycles. The van der Waals surface area contributed by atoms with Gasteiger partial charge >= 0.3 is 11.9 Å². The van der Waals surface area contributed by atoms with Crippen LogP contribution in [0.15, 0.2) is 36.0 Å². The molecular weight excluding hydrogens is 298 g/mol. The van der Waals surface area contributed by atoms with Crippen LogP contribution in [0.1, 0.15) is 26.7 Å². The predicted molar refractivity (Wildman–Crippen MR) is 82.6 cm³/mol. The smallest absolute Gasteiger partial charge is 0.350 e. The Balaban J connectivity index is 1.60. The zero-order valence-corrected chi connectivity index (χ0v) is 13.1. The summed E-state index contributed by atoms with van der Waals surface area (Å²) in [6.07, 6.45) is 3.78. The Morgan fingerprint density at radius 1 is 1.17 bits per heavy atom. The molecule has 0 bridgehead atoms. The minimum Gasteiger partial charge on any atom is -0.493 e. The number of cyclic esters (lactones) is 2. The van der Waals surface area contributed by atoms with Crippen molar-refractivity contribution in [2.75, 3.05) is 11.9 Å². The van der Waals surface area contributed by atoms with E-state index in [1.807, 2.05) is 24.3 Å². The average Bonchev–Trinajstić information content (AvgIpc) is 3.28. The molecule has 2 aliphatic rings. The summed E-state index contributed by atoms with van der Waals surface area (Å²) in [7, 11) is 0. The first-order valence-corrected chi connectivity index (χ1v) is 7.59. The molecule has 2 fully saturated rings. The molecule has 6 heteroatoms. The first-order valence-electron chi connectivity index (χ1n) is 7.59. The number of rotatable bonds is 5. The van der Waals surface area contributed by atoms with Gasteiger partial charge in [-0.3, -0.25) is 0 Å². The fourth-order valence-electron chi connectivity index (χ4n) is 2.08. The van der Waals surface area contributed by atoms with Crippen molar-refractivity contribution in [1.29, 1.82) is 0 Å². The first-order chi connectivity index (χ1) is 10.9. The predicted octanol–water partition coefficient (Wildman–Crippen LogP) is 2.61. The van der Waals surface area contributed by atoms with Crippen LogP contribution in [-0.2, 0) is 19.1 Å². The van der Waals surface area contributed by atoms with Crippen LogP contribution in [-0.4, -0.2) is 24.3 Å². The van der Waals surface area contributed by atoms with Gasteiger partial charge < -0.3 is 19.5 Å². The van der Waals surface area contributed by atoms with Gasteiger partial charge in [0.1, 0.15) is 5.75 Å². The molecule has 0 atom stereocenters. The van der Waals surface area contributed by atoms with Crippen LogP contribution in [0.5, 0.6) is 5.75 Å². The Labute approximate surface area is 134 Å². The molecule has 6 nitrogen and oxygen atoms in total. The summed E-state index contributed by atoms with van der Waals surface area (Å²) in [6.45, 7) is 3.77. The number of nitrogens with one attached hydrogen (secondary N) is 1. The maximum absolute atomic E-state index is 11.8. The molecule has 0 radical (unpaired) electrons. The molecule has 1 aliphatic heterocycles. The standard InChI is InChI=1S/C17H19NO5/c1-17(2)22-15(19)14(16(20)23-17)9-18-12-5-7-13(8-6-12)21-10-11-3-4-11/h5-9,11,18H,3-4,10H2,1-2H3. The van der Waals surface area contributed by atoms with Crippen LogP contribution in [0.3, 0.4) is 0 Å². The van der Waals surface area contributed by atoms with E-state index < -0.39 is 17.7 Å². The van der Waals surface area contributed by atoms with Gasteiger partial charge in [0.25, 0.3) is 5.79 Å². The molecule has 1 heterocycles. The molecule has 1 aliphatic carbocycles. The Bertz CT molecular complexity index is 621. The van der Waals surface area contributed by atoms with Gasteiger partial charge in [0.05, 0.1) is 6.61 Å². The van der Waals surface area contributed by atoms with E-state index in [4.69, 9.17) is 14.2 Å². The monoisotopic (exact) mass is 317 g/mol. The highest BCUT2D eigenvalue weighted by Gasteiger charge is 2.38. The maximum Gasteiger partial charge on any atom is 0.350 e. The van der Waals surface area contributed by atoms with Gasteiger partial charge in [-0.05, 0) is 43.0 Å². The highest BCUT2D eigenvalue weighted by atomic mass is 16.7. The second kappa shape index (κ2) is 5.95. The molecule has 0 spiro atoms. The summed E-state index contributed by atoms with van der Waals surface area (Å²) in [5.74, 6) is -1.14.